The number of para-hydroxylation sites is 1. The van der Waals surface area contributed by atoms with Gasteiger partial charge in [0.15, 0.2) is 0 Å². The summed E-state index contributed by atoms with van der Waals surface area (Å²) in [6.45, 7) is 7.34. The van der Waals surface area contributed by atoms with Gasteiger partial charge in [0.2, 0.25) is 11.8 Å². The topological polar surface area (TPSA) is 143 Å². The van der Waals surface area contributed by atoms with E-state index < -0.39 is 64.9 Å². The van der Waals surface area contributed by atoms with Crippen molar-refractivity contribution in [3.8, 4) is 0 Å². The molecule has 0 saturated carbocycles. The molecule has 238 valence electrons. The van der Waals surface area contributed by atoms with Crippen molar-refractivity contribution in [2.75, 3.05) is 31.3 Å². The smallest absolute Gasteiger partial charge is 0.410 e. The third-order valence-corrected chi connectivity index (χ3v) is 7.80. The SMILES string of the molecule is C[C@@H](C(=O)N[C@H](C(=O)N1Cc2cc(N)ccc2C1C(=O)Nc1c(F)cccc1F)C1CCOCC1)N(C)C(=O)OC(C)(C)C. The molecule has 11 nitrogen and oxygen atoms in total. The van der Waals surface area contributed by atoms with Gasteiger partial charge >= 0.3 is 6.09 Å². The minimum atomic E-state index is -1.27. The zero-order chi connectivity index (χ0) is 32.3. The Morgan fingerprint density at radius 2 is 1.73 bits per heavy atom. The second-order valence-corrected chi connectivity index (χ2v) is 12.1. The number of carbonyl (C=O) groups excluding carboxylic acids is 4. The van der Waals surface area contributed by atoms with Crippen molar-refractivity contribution in [2.45, 2.75) is 70.8 Å². The number of nitrogen functional groups attached to an aromatic ring is 1. The highest BCUT2D eigenvalue weighted by Crippen LogP contribution is 2.38. The van der Waals surface area contributed by atoms with Gasteiger partial charge in [0.05, 0.1) is 0 Å². The minimum absolute atomic E-state index is 0.0278. The third-order valence-electron chi connectivity index (χ3n) is 7.80. The van der Waals surface area contributed by atoms with Crippen LogP contribution in [0.2, 0.25) is 0 Å². The number of nitrogens with one attached hydrogen (secondary N) is 2. The van der Waals surface area contributed by atoms with Crippen LogP contribution in [0, 0.1) is 17.6 Å². The molecule has 4 rings (SSSR count). The van der Waals surface area contributed by atoms with E-state index in [0.717, 1.165) is 17.0 Å². The summed E-state index contributed by atoms with van der Waals surface area (Å²) >= 11 is 0. The molecule has 4 amide bonds. The maximum absolute atomic E-state index is 14.5. The zero-order valence-electron chi connectivity index (χ0n) is 25.5. The van der Waals surface area contributed by atoms with E-state index in [-0.39, 0.29) is 12.5 Å². The molecule has 1 unspecified atom stereocenters. The molecule has 0 spiro atoms. The molecule has 1 fully saturated rings. The number of hydrogen-bond donors (Lipinski definition) is 3. The molecule has 1 saturated heterocycles. The van der Waals surface area contributed by atoms with E-state index in [4.69, 9.17) is 15.2 Å². The van der Waals surface area contributed by atoms with Crippen LogP contribution in [0.25, 0.3) is 0 Å². The summed E-state index contributed by atoms with van der Waals surface area (Å²) in [7, 11) is 1.42. The molecule has 2 aromatic carbocycles. The lowest BCUT2D eigenvalue weighted by Gasteiger charge is -2.36. The lowest BCUT2D eigenvalue weighted by atomic mass is 9.90. The molecule has 2 aliphatic rings. The van der Waals surface area contributed by atoms with Gasteiger partial charge in [0.25, 0.3) is 5.91 Å². The summed E-state index contributed by atoms with van der Waals surface area (Å²) < 4.78 is 39.8. The lowest BCUT2D eigenvalue weighted by Crippen LogP contribution is -2.57. The Balaban J connectivity index is 1.64. The van der Waals surface area contributed by atoms with Crippen molar-refractivity contribution in [1.29, 1.82) is 0 Å². The largest absolute Gasteiger partial charge is 0.444 e. The molecule has 4 N–H and O–H groups in total. The van der Waals surface area contributed by atoms with E-state index in [2.05, 4.69) is 10.6 Å². The average Bonchev–Trinajstić information content (AvgIpc) is 3.34. The predicted octanol–water partition coefficient (Wildman–Crippen LogP) is 3.74. The summed E-state index contributed by atoms with van der Waals surface area (Å²) in [6, 6.07) is 4.64. The molecule has 0 bridgehead atoms. The minimum Gasteiger partial charge on any atom is -0.444 e. The predicted molar refractivity (Wildman–Crippen MR) is 158 cm³/mol. The van der Waals surface area contributed by atoms with E-state index in [9.17, 15) is 28.0 Å². The van der Waals surface area contributed by atoms with Gasteiger partial charge in [-0.25, -0.2) is 13.6 Å². The van der Waals surface area contributed by atoms with Crippen LogP contribution in [-0.4, -0.2) is 71.6 Å². The molecule has 44 heavy (non-hydrogen) atoms. The number of halogens is 2. The van der Waals surface area contributed by atoms with Gasteiger partial charge < -0.3 is 30.7 Å². The van der Waals surface area contributed by atoms with Gasteiger partial charge in [-0.15, -0.1) is 0 Å². The fraction of sp³-hybridized carbons (Fsp3) is 0.484. The highest BCUT2D eigenvalue weighted by Gasteiger charge is 2.44. The monoisotopic (exact) mass is 615 g/mol. The molecular weight excluding hydrogens is 576 g/mol. The first-order chi connectivity index (χ1) is 20.7. The Kier molecular flexibility index (Phi) is 9.77. The van der Waals surface area contributed by atoms with Crippen LogP contribution in [0.15, 0.2) is 36.4 Å². The Hall–Kier alpha value is -4.26. The first-order valence-corrected chi connectivity index (χ1v) is 14.5. The molecule has 2 aromatic rings. The van der Waals surface area contributed by atoms with Crippen molar-refractivity contribution in [1.82, 2.24) is 15.1 Å². The maximum Gasteiger partial charge on any atom is 0.410 e. The highest BCUT2D eigenvalue weighted by molar-refractivity contribution is 6.00. The first-order valence-electron chi connectivity index (χ1n) is 14.5. The number of rotatable bonds is 7. The average molecular weight is 616 g/mol. The zero-order valence-corrected chi connectivity index (χ0v) is 25.5. The second kappa shape index (κ2) is 13.2. The van der Waals surface area contributed by atoms with Crippen LogP contribution in [0.5, 0.6) is 0 Å². The molecule has 13 heteroatoms. The number of carbonyl (C=O) groups is 4. The number of ether oxygens (including phenoxy) is 2. The lowest BCUT2D eigenvalue weighted by molar-refractivity contribution is -0.144. The van der Waals surface area contributed by atoms with Crippen LogP contribution in [0.4, 0.5) is 25.0 Å². The van der Waals surface area contributed by atoms with Gasteiger partial charge in [-0.05, 0) is 81.8 Å². The van der Waals surface area contributed by atoms with Crippen molar-refractivity contribution >= 4 is 35.2 Å². The number of amides is 4. The first kappa shape index (κ1) is 32.6. The molecule has 2 heterocycles. The molecule has 0 aliphatic carbocycles. The molecule has 0 aromatic heterocycles. The Labute approximate surface area is 255 Å². The van der Waals surface area contributed by atoms with Gasteiger partial charge in [0, 0.05) is 32.5 Å². The van der Waals surface area contributed by atoms with Crippen molar-refractivity contribution in [3.05, 3.63) is 59.2 Å². The van der Waals surface area contributed by atoms with Crippen LogP contribution < -0.4 is 16.4 Å². The summed E-state index contributed by atoms with van der Waals surface area (Å²) in [5, 5.41) is 5.12. The number of nitrogens with two attached hydrogens (primary N) is 1. The van der Waals surface area contributed by atoms with E-state index in [1.54, 1.807) is 39.0 Å². The molecule has 0 radical (unpaired) electrons. The number of anilines is 2. The van der Waals surface area contributed by atoms with Gasteiger partial charge in [-0.1, -0.05) is 12.1 Å². The number of likely N-dealkylation sites (N-methyl/N-ethyl adjacent to an activating group) is 1. The Bertz CT molecular complexity index is 1400. The van der Waals surface area contributed by atoms with Crippen molar-refractivity contribution in [3.63, 3.8) is 0 Å². The summed E-state index contributed by atoms with van der Waals surface area (Å²) in [4.78, 5) is 56.5. The summed E-state index contributed by atoms with van der Waals surface area (Å²) in [5.41, 5.74) is 6.01. The van der Waals surface area contributed by atoms with E-state index in [1.807, 2.05) is 0 Å². The standard InChI is InChI=1S/C31H39F2N5O6/c1-17(37(5)30(42)44-31(2,3)4)27(39)35-24(18-11-13-43-14-12-18)29(41)38-16-19-15-20(34)9-10-21(19)26(38)28(40)36-25-22(32)7-6-8-23(25)33/h6-10,15,17-18,24,26H,11-14,16,34H2,1-5H3,(H,35,39)(H,36,40)/t17-,24-,26?/m0/s1. The van der Waals surface area contributed by atoms with Crippen molar-refractivity contribution in [2.24, 2.45) is 5.92 Å². The number of nitrogens with zero attached hydrogens (tertiary/aromatic N) is 2. The highest BCUT2D eigenvalue weighted by atomic mass is 19.1. The van der Waals surface area contributed by atoms with Crippen molar-refractivity contribution < 1.29 is 37.4 Å². The fourth-order valence-electron chi connectivity index (χ4n) is 5.32. The van der Waals surface area contributed by atoms with Crippen LogP contribution in [0.3, 0.4) is 0 Å². The summed E-state index contributed by atoms with van der Waals surface area (Å²) in [6.07, 6.45) is 0.203. The van der Waals surface area contributed by atoms with E-state index in [0.29, 0.717) is 42.9 Å². The van der Waals surface area contributed by atoms with Gasteiger partial charge in [-0.3, -0.25) is 19.3 Å². The second-order valence-electron chi connectivity index (χ2n) is 12.1. The van der Waals surface area contributed by atoms with Crippen LogP contribution in [0.1, 0.15) is 57.7 Å². The van der Waals surface area contributed by atoms with E-state index in [1.165, 1.54) is 24.9 Å². The maximum atomic E-state index is 14.5. The molecule has 2 aliphatic heterocycles. The number of fused-ring (bicyclic) bond motifs is 1. The quantitative estimate of drug-likeness (QED) is 0.403. The molecule has 3 atom stereocenters. The third kappa shape index (κ3) is 7.26. The molecular formula is C31H39F2N5O6. The summed E-state index contributed by atoms with van der Waals surface area (Å²) in [5.74, 6) is -4.29. The normalized spacial score (nSPS) is 18.2. The Morgan fingerprint density at radius 3 is 2.34 bits per heavy atom. The fourth-order valence-corrected chi connectivity index (χ4v) is 5.32. The van der Waals surface area contributed by atoms with Crippen LogP contribution >= 0.6 is 0 Å². The van der Waals surface area contributed by atoms with Gasteiger partial charge in [0.1, 0.15) is 41.0 Å². The van der Waals surface area contributed by atoms with E-state index >= 15 is 0 Å². The van der Waals surface area contributed by atoms with Crippen LogP contribution in [-0.2, 0) is 30.4 Å². The Morgan fingerprint density at radius 1 is 1.09 bits per heavy atom. The number of benzene rings is 2. The number of hydrogen-bond acceptors (Lipinski definition) is 7. The van der Waals surface area contributed by atoms with Gasteiger partial charge in [-0.2, -0.15) is 0 Å².